The molecular weight excluding hydrogens is 260 g/mol. The van der Waals surface area contributed by atoms with Crippen LogP contribution >= 0.6 is 0 Å². The number of carbonyl (C=O) groups excluding carboxylic acids is 2. The van der Waals surface area contributed by atoms with Crippen molar-refractivity contribution in [2.24, 2.45) is 23.3 Å². The number of Topliss-reactive ketones (excluding diaryl/α,β-unsaturated/α-hetero) is 2. The van der Waals surface area contributed by atoms with Gasteiger partial charge in [-0.15, -0.1) is 0 Å². The minimum absolute atomic E-state index is 0.0467. The first-order chi connectivity index (χ1) is 9.34. The average Bonchev–Trinajstić information content (AvgIpc) is 2.39. The molecule has 0 saturated heterocycles. The Morgan fingerprint density at radius 3 is 2.10 bits per heavy atom. The molecule has 1 aliphatic rings. The molecule has 0 aromatic rings. The lowest BCUT2D eigenvalue weighted by Crippen LogP contribution is -2.48. The van der Waals surface area contributed by atoms with Crippen LogP contribution in [0.25, 0.3) is 0 Å². The molecule has 5 N–H and O–H groups in total. The number of nitrogens with two attached hydrogens (primary N) is 2. The van der Waals surface area contributed by atoms with Gasteiger partial charge in [0.2, 0.25) is 0 Å². The van der Waals surface area contributed by atoms with Gasteiger partial charge >= 0.3 is 5.97 Å². The lowest BCUT2D eigenvalue weighted by atomic mass is 9.73. The Morgan fingerprint density at radius 2 is 1.65 bits per heavy atom. The van der Waals surface area contributed by atoms with Crippen molar-refractivity contribution in [2.45, 2.75) is 57.5 Å². The summed E-state index contributed by atoms with van der Waals surface area (Å²) in [5.74, 6) is -2.81. The number of carboxylic acids is 1. The van der Waals surface area contributed by atoms with Gasteiger partial charge in [-0.25, -0.2) is 0 Å². The second-order valence-electron chi connectivity index (χ2n) is 5.67. The van der Waals surface area contributed by atoms with Gasteiger partial charge in [-0.2, -0.15) is 0 Å². The van der Waals surface area contributed by atoms with Gasteiger partial charge in [0.05, 0.1) is 24.4 Å². The molecule has 0 aliphatic heterocycles. The smallest absolute Gasteiger partial charge is 0.305 e. The number of carbonyl (C=O) groups is 3. The fourth-order valence-electron chi connectivity index (χ4n) is 2.87. The molecule has 0 radical (unpaired) electrons. The standard InChI is InChI=1S/C14H24N2O4/c1-8(15)13(19)12(9-5-3-2-4-6-9)14(20)10(16)7-11(17)18/h8-10,12H,2-7,15-16H2,1H3,(H,17,18)/t8?,10-,12?/m1/s1. The molecule has 3 atom stereocenters. The summed E-state index contributed by atoms with van der Waals surface area (Å²) in [6.45, 7) is 1.55. The van der Waals surface area contributed by atoms with Gasteiger partial charge in [-0.1, -0.05) is 19.3 Å². The molecule has 20 heavy (non-hydrogen) atoms. The van der Waals surface area contributed by atoms with Gasteiger partial charge in [0.25, 0.3) is 0 Å². The van der Waals surface area contributed by atoms with Gasteiger partial charge in [0.15, 0.2) is 11.6 Å². The molecule has 6 heteroatoms. The molecule has 114 valence electrons. The fourth-order valence-corrected chi connectivity index (χ4v) is 2.87. The van der Waals surface area contributed by atoms with Gasteiger partial charge < -0.3 is 16.6 Å². The maximum Gasteiger partial charge on any atom is 0.305 e. The van der Waals surface area contributed by atoms with Gasteiger partial charge in [-0.05, 0) is 25.7 Å². The van der Waals surface area contributed by atoms with Crippen LogP contribution in [-0.2, 0) is 14.4 Å². The van der Waals surface area contributed by atoms with E-state index in [2.05, 4.69) is 0 Å². The predicted octanol–water partition coefficient (Wildman–Crippen LogP) is 0.470. The van der Waals surface area contributed by atoms with E-state index in [1.807, 2.05) is 0 Å². The minimum Gasteiger partial charge on any atom is -0.481 e. The van der Waals surface area contributed by atoms with E-state index in [0.717, 1.165) is 32.1 Å². The van der Waals surface area contributed by atoms with E-state index in [4.69, 9.17) is 16.6 Å². The lowest BCUT2D eigenvalue weighted by molar-refractivity contribution is -0.142. The van der Waals surface area contributed by atoms with Crippen LogP contribution in [0.4, 0.5) is 0 Å². The van der Waals surface area contributed by atoms with Crippen LogP contribution < -0.4 is 11.5 Å². The number of hydrogen-bond donors (Lipinski definition) is 3. The number of hydrogen-bond acceptors (Lipinski definition) is 5. The van der Waals surface area contributed by atoms with Crippen molar-refractivity contribution in [1.29, 1.82) is 0 Å². The summed E-state index contributed by atoms with van der Waals surface area (Å²) in [5, 5.41) is 8.73. The summed E-state index contributed by atoms with van der Waals surface area (Å²) in [5.41, 5.74) is 11.3. The zero-order chi connectivity index (χ0) is 15.3. The molecule has 0 heterocycles. The highest BCUT2D eigenvalue weighted by molar-refractivity contribution is 6.07. The summed E-state index contributed by atoms with van der Waals surface area (Å²) in [6.07, 6.45) is 4.21. The van der Waals surface area contributed by atoms with Crippen molar-refractivity contribution in [3.8, 4) is 0 Å². The third-order valence-corrected chi connectivity index (χ3v) is 3.94. The average molecular weight is 284 g/mol. The van der Waals surface area contributed by atoms with Gasteiger partial charge in [0, 0.05) is 0 Å². The number of rotatable bonds is 7. The Morgan fingerprint density at radius 1 is 1.10 bits per heavy atom. The summed E-state index contributed by atoms with van der Waals surface area (Å²) >= 11 is 0. The number of carboxylic acid groups (broad SMARTS) is 1. The second kappa shape index (κ2) is 7.50. The predicted molar refractivity (Wildman–Crippen MR) is 74.0 cm³/mol. The molecule has 0 aromatic heterocycles. The van der Waals surface area contributed by atoms with Gasteiger partial charge in [0.1, 0.15) is 0 Å². The summed E-state index contributed by atoms with van der Waals surface area (Å²) < 4.78 is 0. The second-order valence-corrected chi connectivity index (χ2v) is 5.67. The molecule has 1 rings (SSSR count). The van der Waals surface area contributed by atoms with E-state index in [1.54, 1.807) is 6.92 Å². The number of ketones is 2. The first kappa shape index (κ1) is 16.8. The van der Waals surface area contributed by atoms with Crippen LogP contribution in [0, 0.1) is 11.8 Å². The van der Waals surface area contributed by atoms with Gasteiger partial charge in [-0.3, -0.25) is 14.4 Å². The van der Waals surface area contributed by atoms with Crippen molar-refractivity contribution in [1.82, 2.24) is 0 Å². The largest absolute Gasteiger partial charge is 0.481 e. The topological polar surface area (TPSA) is 123 Å². The Balaban J connectivity index is 2.88. The maximum absolute atomic E-state index is 12.4. The van der Waals surface area contributed by atoms with E-state index in [0.29, 0.717) is 0 Å². The molecule has 6 nitrogen and oxygen atoms in total. The summed E-state index contributed by atoms with van der Waals surface area (Å²) in [6, 6.07) is -1.87. The fraction of sp³-hybridized carbons (Fsp3) is 0.786. The Bertz CT molecular complexity index is 375. The van der Waals surface area contributed by atoms with E-state index in [-0.39, 0.29) is 11.7 Å². The van der Waals surface area contributed by atoms with Crippen molar-refractivity contribution in [3.63, 3.8) is 0 Å². The molecule has 0 spiro atoms. The first-order valence-electron chi connectivity index (χ1n) is 7.15. The Kier molecular flexibility index (Phi) is 6.29. The SMILES string of the molecule is CC(N)C(=O)C(C(=O)[C@H](N)CC(=O)O)C1CCCCC1. The molecule has 0 amide bonds. The molecule has 1 fully saturated rings. The third-order valence-electron chi connectivity index (χ3n) is 3.94. The molecule has 0 bridgehead atoms. The molecular formula is C14H24N2O4. The molecule has 1 aliphatic carbocycles. The van der Waals surface area contributed by atoms with E-state index in [9.17, 15) is 14.4 Å². The highest BCUT2D eigenvalue weighted by Crippen LogP contribution is 2.32. The minimum atomic E-state index is -1.14. The Hall–Kier alpha value is -1.27. The number of aliphatic carboxylic acids is 1. The highest BCUT2D eigenvalue weighted by Gasteiger charge is 2.38. The third kappa shape index (κ3) is 4.38. The van der Waals surface area contributed by atoms with E-state index < -0.39 is 36.2 Å². The van der Waals surface area contributed by atoms with E-state index >= 15 is 0 Å². The maximum atomic E-state index is 12.4. The van der Waals surface area contributed by atoms with Crippen LogP contribution in [0.1, 0.15) is 45.4 Å². The van der Waals surface area contributed by atoms with Crippen molar-refractivity contribution >= 4 is 17.5 Å². The Labute approximate surface area is 118 Å². The zero-order valence-electron chi connectivity index (χ0n) is 11.9. The van der Waals surface area contributed by atoms with E-state index in [1.165, 1.54) is 0 Å². The zero-order valence-corrected chi connectivity index (χ0v) is 11.9. The quantitative estimate of drug-likeness (QED) is 0.584. The van der Waals surface area contributed by atoms with Crippen molar-refractivity contribution in [2.75, 3.05) is 0 Å². The summed E-state index contributed by atoms with van der Waals surface area (Å²) in [4.78, 5) is 35.3. The summed E-state index contributed by atoms with van der Waals surface area (Å²) in [7, 11) is 0. The molecule has 1 saturated carbocycles. The van der Waals surface area contributed by atoms with Crippen molar-refractivity contribution in [3.05, 3.63) is 0 Å². The van der Waals surface area contributed by atoms with Crippen LogP contribution in [0.5, 0.6) is 0 Å². The highest BCUT2D eigenvalue weighted by atomic mass is 16.4. The first-order valence-corrected chi connectivity index (χ1v) is 7.15. The van der Waals surface area contributed by atoms with Crippen LogP contribution in [-0.4, -0.2) is 34.7 Å². The van der Waals surface area contributed by atoms with Crippen LogP contribution in [0.2, 0.25) is 0 Å². The van der Waals surface area contributed by atoms with Crippen LogP contribution in [0.15, 0.2) is 0 Å². The molecule has 2 unspecified atom stereocenters. The van der Waals surface area contributed by atoms with Crippen LogP contribution in [0.3, 0.4) is 0 Å². The lowest BCUT2D eigenvalue weighted by Gasteiger charge is -2.30. The molecule has 0 aromatic carbocycles. The van der Waals surface area contributed by atoms with Crippen molar-refractivity contribution < 1.29 is 19.5 Å². The normalized spacial score (nSPS) is 20.9. The monoisotopic (exact) mass is 284 g/mol.